The summed E-state index contributed by atoms with van der Waals surface area (Å²) < 4.78 is 0. The first-order valence-corrected chi connectivity index (χ1v) is 9.89. The number of amides is 2. The zero-order valence-corrected chi connectivity index (χ0v) is 15.8. The number of aryl methyl sites for hydroxylation is 2. The highest BCUT2D eigenvalue weighted by Crippen LogP contribution is 2.54. The van der Waals surface area contributed by atoms with Gasteiger partial charge in [-0.25, -0.2) is 0 Å². The number of carbonyl (C=O) groups is 2. The Morgan fingerprint density at radius 2 is 1.85 bits per heavy atom. The second-order valence-corrected chi connectivity index (χ2v) is 8.40. The lowest BCUT2D eigenvalue weighted by Crippen LogP contribution is -2.48. The molecule has 0 radical (unpaired) electrons. The summed E-state index contributed by atoms with van der Waals surface area (Å²) in [5, 5.41) is 3.02. The highest BCUT2D eigenvalue weighted by molar-refractivity contribution is 8.00. The molecule has 26 heavy (non-hydrogen) atoms. The van der Waals surface area contributed by atoms with Crippen molar-refractivity contribution in [3.05, 3.63) is 65.2 Å². The Labute approximate surface area is 158 Å². The van der Waals surface area contributed by atoms with E-state index in [-0.39, 0.29) is 11.8 Å². The number of thioether (sulfide) groups is 1. The van der Waals surface area contributed by atoms with E-state index in [0.717, 1.165) is 28.8 Å². The van der Waals surface area contributed by atoms with Gasteiger partial charge in [-0.2, -0.15) is 0 Å². The molecular formula is C21H22N2O2S. The average molecular weight is 366 g/mol. The summed E-state index contributed by atoms with van der Waals surface area (Å²) in [5.74, 6) is 0.590. The van der Waals surface area contributed by atoms with Gasteiger partial charge >= 0.3 is 0 Å². The van der Waals surface area contributed by atoms with E-state index in [1.807, 2.05) is 49.1 Å². The fourth-order valence-electron chi connectivity index (χ4n) is 4.11. The van der Waals surface area contributed by atoms with Gasteiger partial charge in [0.1, 0.15) is 10.9 Å². The average Bonchev–Trinajstić information content (AvgIpc) is 3.14. The number of benzene rings is 2. The van der Waals surface area contributed by atoms with Crippen LogP contribution in [0.3, 0.4) is 0 Å². The maximum Gasteiger partial charge on any atom is 0.248 e. The minimum atomic E-state index is -0.434. The van der Waals surface area contributed by atoms with Gasteiger partial charge in [0.05, 0.1) is 0 Å². The Morgan fingerprint density at radius 1 is 1.15 bits per heavy atom. The van der Waals surface area contributed by atoms with Gasteiger partial charge in [-0.1, -0.05) is 36.4 Å². The van der Waals surface area contributed by atoms with E-state index < -0.39 is 10.9 Å². The normalized spacial score (nSPS) is 24.6. The van der Waals surface area contributed by atoms with Crippen molar-refractivity contribution < 1.29 is 9.59 Å². The fraction of sp³-hybridized carbons (Fsp3) is 0.333. The lowest BCUT2D eigenvalue weighted by atomic mass is 10.0. The van der Waals surface area contributed by atoms with Crippen molar-refractivity contribution in [2.45, 2.75) is 37.6 Å². The summed E-state index contributed by atoms with van der Waals surface area (Å²) >= 11 is 1.71. The molecule has 134 valence electrons. The third-order valence-electron chi connectivity index (χ3n) is 5.14. The van der Waals surface area contributed by atoms with E-state index in [4.69, 9.17) is 0 Å². The second kappa shape index (κ2) is 6.47. The highest BCUT2D eigenvalue weighted by Gasteiger charge is 2.56. The summed E-state index contributed by atoms with van der Waals surface area (Å²) in [6, 6.07) is 15.6. The Morgan fingerprint density at radius 3 is 2.54 bits per heavy atom. The molecule has 0 unspecified atom stereocenters. The summed E-state index contributed by atoms with van der Waals surface area (Å²) in [4.78, 5) is 27.0. The minimum absolute atomic E-state index is 0.0689. The molecule has 5 heteroatoms. The summed E-state index contributed by atoms with van der Waals surface area (Å²) in [6.07, 6.45) is 1.25. The number of fused-ring (bicyclic) bond motifs is 1. The number of anilines is 1. The van der Waals surface area contributed by atoms with Gasteiger partial charge in [0.25, 0.3) is 0 Å². The standard InChI is InChI=1S/C21H22N2O2S/c1-14-10-15(2)12-17(11-14)22-20(25)18-13-26-21(9-8-19(24)23(18)21)16-6-4-3-5-7-16/h3-7,10-12,18H,8-9,13H2,1-2H3,(H,22,25)/t18-,21+/m0/s1. The predicted octanol–water partition coefficient (Wildman–Crippen LogP) is 3.83. The van der Waals surface area contributed by atoms with Crippen molar-refractivity contribution in [3.63, 3.8) is 0 Å². The van der Waals surface area contributed by atoms with E-state index in [9.17, 15) is 9.59 Å². The molecule has 4 rings (SSSR count). The van der Waals surface area contributed by atoms with Crippen molar-refractivity contribution in [1.82, 2.24) is 4.90 Å². The number of hydrogen-bond donors (Lipinski definition) is 1. The van der Waals surface area contributed by atoms with Crippen LogP contribution in [0.4, 0.5) is 5.69 Å². The molecule has 2 aliphatic rings. The number of rotatable bonds is 3. The molecule has 2 aromatic rings. The Hall–Kier alpha value is -2.27. The smallest absolute Gasteiger partial charge is 0.248 e. The van der Waals surface area contributed by atoms with Crippen LogP contribution in [0.2, 0.25) is 0 Å². The third-order valence-corrected chi connectivity index (χ3v) is 6.74. The topological polar surface area (TPSA) is 49.4 Å². The molecule has 2 fully saturated rings. The summed E-state index contributed by atoms with van der Waals surface area (Å²) in [6.45, 7) is 4.02. The van der Waals surface area contributed by atoms with Crippen molar-refractivity contribution in [1.29, 1.82) is 0 Å². The van der Waals surface area contributed by atoms with Crippen LogP contribution in [0.25, 0.3) is 0 Å². The van der Waals surface area contributed by atoms with Gasteiger partial charge in [0.2, 0.25) is 11.8 Å². The van der Waals surface area contributed by atoms with Gasteiger partial charge in [0.15, 0.2) is 0 Å². The molecule has 2 saturated heterocycles. The van der Waals surface area contributed by atoms with E-state index in [1.165, 1.54) is 0 Å². The molecule has 4 nitrogen and oxygen atoms in total. The van der Waals surface area contributed by atoms with Crippen LogP contribution in [0.5, 0.6) is 0 Å². The molecule has 0 aromatic heterocycles. The summed E-state index contributed by atoms with van der Waals surface area (Å²) in [5.41, 5.74) is 4.12. The minimum Gasteiger partial charge on any atom is -0.324 e. The molecule has 0 spiro atoms. The van der Waals surface area contributed by atoms with Crippen LogP contribution < -0.4 is 5.32 Å². The molecular weight excluding hydrogens is 344 g/mol. The van der Waals surface area contributed by atoms with Crippen LogP contribution in [0.1, 0.15) is 29.5 Å². The number of nitrogens with zero attached hydrogens (tertiary/aromatic N) is 1. The first kappa shape index (κ1) is 17.2. The van der Waals surface area contributed by atoms with Gasteiger partial charge < -0.3 is 10.2 Å². The van der Waals surface area contributed by atoms with Gasteiger partial charge in [0, 0.05) is 17.9 Å². The Kier molecular flexibility index (Phi) is 4.27. The quantitative estimate of drug-likeness (QED) is 0.898. The molecule has 2 aromatic carbocycles. The second-order valence-electron chi connectivity index (χ2n) is 7.11. The van der Waals surface area contributed by atoms with Crippen LogP contribution in [0.15, 0.2) is 48.5 Å². The molecule has 2 atom stereocenters. The van der Waals surface area contributed by atoms with Crippen LogP contribution in [-0.2, 0) is 14.5 Å². The monoisotopic (exact) mass is 366 g/mol. The number of hydrogen-bond acceptors (Lipinski definition) is 3. The van der Waals surface area contributed by atoms with Gasteiger partial charge in [-0.3, -0.25) is 9.59 Å². The van der Waals surface area contributed by atoms with Crippen molar-refractivity contribution in [2.75, 3.05) is 11.1 Å². The van der Waals surface area contributed by atoms with E-state index in [1.54, 1.807) is 11.8 Å². The van der Waals surface area contributed by atoms with Crippen molar-refractivity contribution >= 4 is 29.3 Å². The SMILES string of the molecule is Cc1cc(C)cc(NC(=O)[C@@H]2CS[C@@]3(c4ccccc4)CCC(=O)N23)c1. The van der Waals surface area contributed by atoms with Gasteiger partial charge in [-0.05, 0) is 49.1 Å². The van der Waals surface area contributed by atoms with Crippen molar-refractivity contribution in [3.8, 4) is 0 Å². The maximum absolute atomic E-state index is 13.0. The first-order valence-electron chi connectivity index (χ1n) is 8.90. The molecule has 0 saturated carbocycles. The number of nitrogens with one attached hydrogen (secondary N) is 1. The lowest BCUT2D eigenvalue weighted by Gasteiger charge is -2.34. The Bertz CT molecular complexity index is 847. The molecule has 2 amide bonds. The molecule has 0 bridgehead atoms. The zero-order chi connectivity index (χ0) is 18.3. The predicted molar refractivity (Wildman–Crippen MR) is 105 cm³/mol. The zero-order valence-electron chi connectivity index (χ0n) is 15.0. The van der Waals surface area contributed by atoms with Crippen molar-refractivity contribution in [2.24, 2.45) is 0 Å². The molecule has 2 aliphatic heterocycles. The van der Waals surface area contributed by atoms with Crippen LogP contribution >= 0.6 is 11.8 Å². The number of carbonyl (C=O) groups excluding carboxylic acids is 2. The molecule has 0 aliphatic carbocycles. The van der Waals surface area contributed by atoms with E-state index in [2.05, 4.69) is 23.5 Å². The van der Waals surface area contributed by atoms with Crippen LogP contribution in [-0.4, -0.2) is 28.5 Å². The van der Waals surface area contributed by atoms with E-state index >= 15 is 0 Å². The van der Waals surface area contributed by atoms with Gasteiger partial charge in [-0.15, -0.1) is 11.8 Å². The maximum atomic E-state index is 13.0. The highest BCUT2D eigenvalue weighted by atomic mass is 32.2. The summed E-state index contributed by atoms with van der Waals surface area (Å²) in [7, 11) is 0. The lowest BCUT2D eigenvalue weighted by molar-refractivity contribution is -0.136. The van der Waals surface area contributed by atoms with E-state index in [0.29, 0.717) is 12.2 Å². The third kappa shape index (κ3) is 2.80. The molecule has 1 N–H and O–H groups in total. The largest absolute Gasteiger partial charge is 0.324 e. The fourth-order valence-corrected chi connectivity index (χ4v) is 5.76. The Balaban J connectivity index is 1.62. The van der Waals surface area contributed by atoms with Crippen LogP contribution in [0, 0.1) is 13.8 Å². The first-order chi connectivity index (χ1) is 12.5. The molecule has 2 heterocycles.